The second-order valence-corrected chi connectivity index (χ2v) is 5.82. The van der Waals surface area contributed by atoms with E-state index in [4.69, 9.17) is 0 Å². The van der Waals surface area contributed by atoms with Gasteiger partial charge in [0.1, 0.15) is 0 Å². The Morgan fingerprint density at radius 2 is 1.25 bits per heavy atom. The first-order valence-corrected chi connectivity index (χ1v) is 4.91. The van der Waals surface area contributed by atoms with Gasteiger partial charge in [-0.15, -0.1) is 0 Å². The standard InChI is InChI=1S/C12H25/c1-9-12(8,10(2,3)4)11(5,6)7/h2,9H2,1,3-8H3. The van der Waals surface area contributed by atoms with Crippen molar-refractivity contribution in [3.63, 3.8) is 0 Å². The minimum atomic E-state index is 0.139. The van der Waals surface area contributed by atoms with Crippen LogP contribution in [0.1, 0.15) is 54.9 Å². The van der Waals surface area contributed by atoms with E-state index in [0.29, 0.717) is 10.8 Å². The van der Waals surface area contributed by atoms with Crippen LogP contribution < -0.4 is 0 Å². The Balaban J connectivity index is 4.95. The molecule has 1 radical (unpaired) electrons. The van der Waals surface area contributed by atoms with Crippen molar-refractivity contribution in [1.29, 1.82) is 0 Å². The lowest BCUT2D eigenvalue weighted by atomic mass is 9.54. The smallest absolute Gasteiger partial charge is 0.0229 e. The average Bonchev–Trinajstić information content (AvgIpc) is 1.81. The van der Waals surface area contributed by atoms with Crippen LogP contribution in [-0.2, 0) is 0 Å². The van der Waals surface area contributed by atoms with Gasteiger partial charge in [0, 0.05) is 0 Å². The summed E-state index contributed by atoms with van der Waals surface area (Å²) in [6.45, 7) is 20.3. The third-order valence-electron chi connectivity index (χ3n) is 3.86. The third kappa shape index (κ3) is 1.84. The second kappa shape index (κ2) is 3.05. The maximum Gasteiger partial charge on any atom is -0.0229 e. The molecule has 12 heavy (non-hydrogen) atoms. The molecule has 0 fully saturated rings. The molecule has 0 aliphatic carbocycles. The van der Waals surface area contributed by atoms with Crippen molar-refractivity contribution in [1.82, 2.24) is 0 Å². The fourth-order valence-electron chi connectivity index (χ4n) is 2.02. The van der Waals surface area contributed by atoms with Crippen LogP contribution in [-0.4, -0.2) is 0 Å². The van der Waals surface area contributed by atoms with Gasteiger partial charge in [-0.25, -0.2) is 0 Å². The predicted molar refractivity (Wildman–Crippen MR) is 57.0 cm³/mol. The zero-order valence-corrected chi connectivity index (χ0v) is 9.91. The van der Waals surface area contributed by atoms with Gasteiger partial charge in [-0.3, -0.25) is 0 Å². The predicted octanol–water partition coefficient (Wildman–Crippen LogP) is 4.31. The molecule has 0 aromatic rings. The highest BCUT2D eigenvalue weighted by Gasteiger charge is 2.44. The SMILES string of the molecule is [CH2]C(C)(C)C(C)(CC)C(C)(C)C. The summed E-state index contributed by atoms with van der Waals surface area (Å²) >= 11 is 0. The fourth-order valence-corrected chi connectivity index (χ4v) is 2.02. The van der Waals surface area contributed by atoms with E-state index in [1.165, 1.54) is 6.42 Å². The quantitative estimate of drug-likeness (QED) is 0.578. The Hall–Kier alpha value is 0. The van der Waals surface area contributed by atoms with Crippen LogP contribution in [0.5, 0.6) is 0 Å². The van der Waals surface area contributed by atoms with Crippen LogP contribution in [0.2, 0.25) is 0 Å². The molecule has 0 heterocycles. The van der Waals surface area contributed by atoms with Crippen LogP contribution >= 0.6 is 0 Å². The summed E-state index contributed by atoms with van der Waals surface area (Å²) < 4.78 is 0. The molecule has 0 spiro atoms. The first kappa shape index (κ1) is 12.0. The van der Waals surface area contributed by atoms with Crippen LogP contribution in [0.3, 0.4) is 0 Å². The highest BCUT2D eigenvalue weighted by molar-refractivity contribution is 4.97. The highest BCUT2D eigenvalue weighted by atomic mass is 14.5. The van der Waals surface area contributed by atoms with Gasteiger partial charge in [0.2, 0.25) is 0 Å². The van der Waals surface area contributed by atoms with E-state index in [1.54, 1.807) is 0 Å². The Bertz CT molecular complexity index is 126. The molecule has 0 aliphatic heterocycles. The molecule has 0 nitrogen and oxygen atoms in total. The molecule has 0 rings (SSSR count). The summed E-state index contributed by atoms with van der Waals surface area (Å²) in [5.41, 5.74) is 0.771. The molecule has 0 saturated heterocycles. The van der Waals surface area contributed by atoms with Crippen molar-refractivity contribution in [2.75, 3.05) is 0 Å². The molecule has 0 aliphatic rings. The molecule has 1 atom stereocenters. The first-order valence-electron chi connectivity index (χ1n) is 4.91. The number of rotatable bonds is 2. The molecule has 0 bridgehead atoms. The largest absolute Gasteiger partial charge is 0.0648 e. The Morgan fingerprint density at radius 3 is 1.25 bits per heavy atom. The molecule has 0 aromatic carbocycles. The van der Waals surface area contributed by atoms with Crippen molar-refractivity contribution in [2.24, 2.45) is 16.2 Å². The summed E-state index contributed by atoms with van der Waals surface area (Å²) in [4.78, 5) is 0. The van der Waals surface area contributed by atoms with Crippen molar-refractivity contribution in [3.8, 4) is 0 Å². The van der Waals surface area contributed by atoms with Crippen molar-refractivity contribution < 1.29 is 0 Å². The molecule has 0 heteroatoms. The minimum absolute atomic E-state index is 0.139. The molecule has 0 saturated carbocycles. The molecule has 0 amide bonds. The van der Waals surface area contributed by atoms with E-state index < -0.39 is 0 Å². The van der Waals surface area contributed by atoms with Gasteiger partial charge in [-0.05, 0) is 29.6 Å². The topological polar surface area (TPSA) is 0 Å². The maximum absolute atomic E-state index is 4.28. The fraction of sp³-hybridized carbons (Fsp3) is 0.917. The summed E-state index contributed by atoms with van der Waals surface area (Å²) in [6.07, 6.45) is 1.19. The van der Waals surface area contributed by atoms with E-state index >= 15 is 0 Å². The van der Waals surface area contributed by atoms with E-state index in [2.05, 4.69) is 55.4 Å². The number of hydrogen-bond acceptors (Lipinski definition) is 0. The molecule has 0 aromatic heterocycles. The zero-order chi connectivity index (χ0) is 10.2. The van der Waals surface area contributed by atoms with Gasteiger partial charge < -0.3 is 0 Å². The molecule has 1 unspecified atom stereocenters. The van der Waals surface area contributed by atoms with E-state index in [9.17, 15) is 0 Å². The summed E-state index contributed by atoms with van der Waals surface area (Å²) in [7, 11) is 0. The van der Waals surface area contributed by atoms with Gasteiger partial charge in [-0.1, -0.05) is 48.5 Å². The lowest BCUT2D eigenvalue weighted by molar-refractivity contribution is -0.000434. The highest BCUT2D eigenvalue weighted by Crippen LogP contribution is 2.53. The van der Waals surface area contributed by atoms with Crippen LogP contribution in [0.4, 0.5) is 0 Å². The van der Waals surface area contributed by atoms with Crippen LogP contribution in [0, 0.1) is 23.2 Å². The summed E-state index contributed by atoms with van der Waals surface area (Å²) in [6, 6.07) is 0. The minimum Gasteiger partial charge on any atom is -0.0648 e. The summed E-state index contributed by atoms with van der Waals surface area (Å²) in [5.74, 6) is 0. The molecular weight excluding hydrogens is 144 g/mol. The second-order valence-electron chi connectivity index (χ2n) is 5.82. The molecule has 0 N–H and O–H groups in total. The van der Waals surface area contributed by atoms with Gasteiger partial charge in [-0.2, -0.15) is 0 Å². The summed E-state index contributed by atoms with van der Waals surface area (Å²) in [5, 5.41) is 0. The van der Waals surface area contributed by atoms with E-state index in [1.807, 2.05) is 0 Å². The Labute approximate surface area is 78.8 Å². The van der Waals surface area contributed by atoms with Gasteiger partial charge >= 0.3 is 0 Å². The Kier molecular flexibility index (Phi) is 3.05. The van der Waals surface area contributed by atoms with Crippen LogP contribution in [0.25, 0.3) is 0 Å². The van der Waals surface area contributed by atoms with E-state index in [-0.39, 0.29) is 5.41 Å². The zero-order valence-electron chi connectivity index (χ0n) is 9.91. The van der Waals surface area contributed by atoms with Gasteiger partial charge in [0.25, 0.3) is 0 Å². The third-order valence-corrected chi connectivity index (χ3v) is 3.86. The average molecular weight is 169 g/mol. The van der Waals surface area contributed by atoms with Crippen molar-refractivity contribution in [3.05, 3.63) is 6.92 Å². The lowest BCUT2D eigenvalue weighted by Crippen LogP contribution is -2.43. The Morgan fingerprint density at radius 1 is 0.917 bits per heavy atom. The van der Waals surface area contributed by atoms with Crippen molar-refractivity contribution in [2.45, 2.75) is 54.9 Å². The maximum atomic E-state index is 4.28. The lowest BCUT2D eigenvalue weighted by Gasteiger charge is -2.51. The molecule has 73 valence electrons. The van der Waals surface area contributed by atoms with Crippen molar-refractivity contribution >= 4 is 0 Å². The monoisotopic (exact) mass is 169 g/mol. The number of hydrogen-bond donors (Lipinski definition) is 0. The van der Waals surface area contributed by atoms with Gasteiger partial charge in [0.05, 0.1) is 0 Å². The van der Waals surface area contributed by atoms with Gasteiger partial charge in [0.15, 0.2) is 0 Å². The normalized spacial score (nSPS) is 15.0. The van der Waals surface area contributed by atoms with Crippen LogP contribution in [0.15, 0.2) is 0 Å². The first-order chi connectivity index (χ1) is 5.06. The molecular formula is C12H25. The van der Waals surface area contributed by atoms with E-state index in [0.717, 1.165) is 0 Å².